The number of nitrogens with one attached hydrogen (secondary N) is 1. The molecule has 2 aromatic rings. The number of furan rings is 1. The predicted molar refractivity (Wildman–Crippen MR) is 69.9 cm³/mol. The van der Waals surface area contributed by atoms with Gasteiger partial charge in [-0.1, -0.05) is 11.6 Å². The molecule has 0 bridgehead atoms. The zero-order valence-corrected chi connectivity index (χ0v) is 11.0. The number of rotatable bonds is 3. The van der Waals surface area contributed by atoms with E-state index in [0.29, 0.717) is 27.5 Å². The van der Waals surface area contributed by atoms with Crippen molar-refractivity contribution in [2.45, 2.75) is 6.54 Å². The molecule has 0 atom stereocenters. The number of nitrogens with zero attached hydrogens (tertiary/aromatic N) is 1. The van der Waals surface area contributed by atoms with Crippen LogP contribution in [0.2, 0.25) is 5.02 Å². The standard InChI is InChI=1S/C12H8BrClN2O/c13-12-4-3-10(17-12)7-16-11-5-9(14)2-1-8(11)6-15/h1-5,16H,7H2. The highest BCUT2D eigenvalue weighted by atomic mass is 79.9. The Labute approximate surface area is 112 Å². The Morgan fingerprint density at radius 3 is 2.82 bits per heavy atom. The highest BCUT2D eigenvalue weighted by Gasteiger charge is 2.04. The number of benzene rings is 1. The van der Waals surface area contributed by atoms with Gasteiger partial charge in [-0.3, -0.25) is 0 Å². The molecule has 1 aromatic carbocycles. The molecule has 0 saturated heterocycles. The Hall–Kier alpha value is -1.44. The van der Waals surface area contributed by atoms with Gasteiger partial charge in [-0.15, -0.1) is 0 Å². The third kappa shape index (κ3) is 3.02. The molecular weight excluding hydrogens is 304 g/mol. The topological polar surface area (TPSA) is 49.0 Å². The second-order valence-corrected chi connectivity index (χ2v) is 4.58. The Kier molecular flexibility index (Phi) is 3.72. The Balaban J connectivity index is 2.13. The summed E-state index contributed by atoms with van der Waals surface area (Å²) in [7, 11) is 0. The van der Waals surface area contributed by atoms with Gasteiger partial charge in [-0.25, -0.2) is 0 Å². The summed E-state index contributed by atoms with van der Waals surface area (Å²) in [6, 6.07) is 10.9. The monoisotopic (exact) mass is 310 g/mol. The van der Waals surface area contributed by atoms with E-state index < -0.39 is 0 Å². The van der Waals surface area contributed by atoms with Crippen molar-refractivity contribution in [1.29, 1.82) is 5.26 Å². The third-order valence-corrected chi connectivity index (χ3v) is 2.85. The van der Waals surface area contributed by atoms with Gasteiger partial charge in [0.05, 0.1) is 17.8 Å². The van der Waals surface area contributed by atoms with Crippen molar-refractivity contribution >= 4 is 33.2 Å². The van der Waals surface area contributed by atoms with Crippen molar-refractivity contribution in [3.05, 3.63) is 51.3 Å². The Morgan fingerprint density at radius 1 is 1.35 bits per heavy atom. The highest BCUT2D eigenvalue weighted by molar-refractivity contribution is 9.10. The summed E-state index contributed by atoms with van der Waals surface area (Å²) in [4.78, 5) is 0. The van der Waals surface area contributed by atoms with E-state index in [0.717, 1.165) is 5.76 Å². The molecule has 86 valence electrons. The van der Waals surface area contributed by atoms with E-state index in [2.05, 4.69) is 27.3 Å². The van der Waals surface area contributed by atoms with Crippen molar-refractivity contribution in [2.75, 3.05) is 5.32 Å². The molecule has 0 amide bonds. The van der Waals surface area contributed by atoms with Crippen LogP contribution in [0, 0.1) is 11.3 Å². The summed E-state index contributed by atoms with van der Waals surface area (Å²) in [5, 5.41) is 12.6. The van der Waals surface area contributed by atoms with Crippen LogP contribution in [0.3, 0.4) is 0 Å². The fraction of sp³-hybridized carbons (Fsp3) is 0.0833. The summed E-state index contributed by atoms with van der Waals surface area (Å²) in [5.41, 5.74) is 1.26. The van der Waals surface area contributed by atoms with E-state index >= 15 is 0 Å². The first-order valence-corrected chi connectivity index (χ1v) is 6.04. The summed E-state index contributed by atoms with van der Waals surface area (Å²) in [6.45, 7) is 0.501. The van der Waals surface area contributed by atoms with Crippen molar-refractivity contribution in [1.82, 2.24) is 0 Å². The molecule has 0 aliphatic heterocycles. The smallest absolute Gasteiger partial charge is 0.169 e. The summed E-state index contributed by atoms with van der Waals surface area (Å²) in [5.74, 6) is 0.778. The lowest BCUT2D eigenvalue weighted by atomic mass is 10.2. The van der Waals surface area contributed by atoms with Crippen LogP contribution >= 0.6 is 27.5 Å². The van der Waals surface area contributed by atoms with Crippen LogP contribution in [-0.2, 0) is 6.54 Å². The molecule has 17 heavy (non-hydrogen) atoms. The SMILES string of the molecule is N#Cc1ccc(Cl)cc1NCc1ccc(Br)o1. The van der Waals surface area contributed by atoms with Crippen LogP contribution in [0.25, 0.3) is 0 Å². The summed E-state index contributed by atoms with van der Waals surface area (Å²) in [6.07, 6.45) is 0. The van der Waals surface area contributed by atoms with Gasteiger partial charge in [0.2, 0.25) is 0 Å². The minimum atomic E-state index is 0.501. The lowest BCUT2D eigenvalue weighted by molar-refractivity contribution is 0.495. The number of nitriles is 1. The molecule has 0 aliphatic rings. The second-order valence-electron chi connectivity index (χ2n) is 3.36. The first-order chi connectivity index (χ1) is 8.19. The molecule has 0 fully saturated rings. The molecular formula is C12H8BrClN2O. The van der Waals surface area contributed by atoms with Gasteiger partial charge in [0.15, 0.2) is 4.67 Å². The zero-order valence-electron chi connectivity index (χ0n) is 8.71. The Morgan fingerprint density at radius 2 is 2.18 bits per heavy atom. The van der Waals surface area contributed by atoms with Crippen LogP contribution in [0.1, 0.15) is 11.3 Å². The molecule has 0 aliphatic carbocycles. The maximum absolute atomic E-state index is 8.95. The first-order valence-electron chi connectivity index (χ1n) is 4.87. The average Bonchev–Trinajstić information content (AvgIpc) is 2.73. The molecule has 3 nitrogen and oxygen atoms in total. The van der Waals surface area contributed by atoms with Gasteiger partial charge in [0.25, 0.3) is 0 Å². The lowest BCUT2D eigenvalue weighted by Gasteiger charge is -2.06. The van der Waals surface area contributed by atoms with Gasteiger partial charge in [0, 0.05) is 5.02 Å². The first kappa shape index (κ1) is 12.0. The minimum absolute atomic E-state index is 0.501. The molecule has 2 rings (SSSR count). The van der Waals surface area contributed by atoms with Gasteiger partial charge >= 0.3 is 0 Å². The maximum atomic E-state index is 8.95. The van der Waals surface area contributed by atoms with Crippen molar-refractivity contribution in [2.24, 2.45) is 0 Å². The van der Waals surface area contributed by atoms with Gasteiger partial charge < -0.3 is 9.73 Å². The van der Waals surface area contributed by atoms with Crippen LogP contribution in [-0.4, -0.2) is 0 Å². The van der Waals surface area contributed by atoms with E-state index in [-0.39, 0.29) is 0 Å². The highest BCUT2D eigenvalue weighted by Crippen LogP contribution is 2.22. The van der Waals surface area contributed by atoms with Crippen LogP contribution in [0.4, 0.5) is 5.69 Å². The van der Waals surface area contributed by atoms with Crippen LogP contribution in [0.5, 0.6) is 0 Å². The largest absolute Gasteiger partial charge is 0.452 e. The van der Waals surface area contributed by atoms with E-state index in [4.69, 9.17) is 21.3 Å². The second kappa shape index (κ2) is 5.26. The van der Waals surface area contributed by atoms with Crippen LogP contribution in [0.15, 0.2) is 39.4 Å². The minimum Gasteiger partial charge on any atom is -0.452 e. The van der Waals surface area contributed by atoms with Crippen molar-refractivity contribution < 1.29 is 4.42 Å². The fourth-order valence-corrected chi connectivity index (χ4v) is 1.90. The van der Waals surface area contributed by atoms with Gasteiger partial charge in [-0.05, 0) is 46.3 Å². The third-order valence-electron chi connectivity index (χ3n) is 2.18. The molecule has 0 radical (unpaired) electrons. The van der Waals surface area contributed by atoms with E-state index in [1.165, 1.54) is 0 Å². The number of hydrogen-bond acceptors (Lipinski definition) is 3. The Bertz CT molecular complexity index is 574. The number of halogens is 2. The maximum Gasteiger partial charge on any atom is 0.169 e. The fourth-order valence-electron chi connectivity index (χ4n) is 1.39. The molecule has 0 saturated carbocycles. The molecule has 1 heterocycles. The number of hydrogen-bond donors (Lipinski definition) is 1. The van der Waals surface area contributed by atoms with Crippen LogP contribution < -0.4 is 5.32 Å². The van der Waals surface area contributed by atoms with Gasteiger partial charge in [0.1, 0.15) is 11.8 Å². The zero-order chi connectivity index (χ0) is 12.3. The van der Waals surface area contributed by atoms with E-state index in [1.807, 2.05) is 12.1 Å². The van der Waals surface area contributed by atoms with E-state index in [9.17, 15) is 0 Å². The van der Waals surface area contributed by atoms with Gasteiger partial charge in [-0.2, -0.15) is 5.26 Å². The van der Waals surface area contributed by atoms with E-state index in [1.54, 1.807) is 18.2 Å². The average molecular weight is 312 g/mol. The molecule has 1 N–H and O–H groups in total. The number of anilines is 1. The predicted octanol–water partition coefficient (Wildman–Crippen LogP) is 4.18. The molecule has 5 heteroatoms. The molecule has 1 aromatic heterocycles. The summed E-state index contributed by atoms with van der Waals surface area (Å²) >= 11 is 9.11. The van der Waals surface area contributed by atoms with Crippen molar-refractivity contribution in [3.8, 4) is 6.07 Å². The summed E-state index contributed by atoms with van der Waals surface area (Å²) < 4.78 is 6.03. The quantitative estimate of drug-likeness (QED) is 0.925. The molecule has 0 unspecified atom stereocenters. The normalized spacial score (nSPS) is 9.94. The van der Waals surface area contributed by atoms with Crippen molar-refractivity contribution in [3.63, 3.8) is 0 Å². The molecule has 0 spiro atoms. The lowest BCUT2D eigenvalue weighted by Crippen LogP contribution is -2.00.